The maximum Gasteiger partial charge on any atom is 0.265 e. The van der Waals surface area contributed by atoms with Crippen LogP contribution in [-0.2, 0) is 9.59 Å². The number of anilines is 1. The molecular weight excluding hydrogens is 332 g/mol. The van der Waals surface area contributed by atoms with Crippen LogP contribution < -0.4 is 10.2 Å². The van der Waals surface area contributed by atoms with Crippen molar-refractivity contribution in [1.29, 1.82) is 0 Å². The molecule has 0 aliphatic carbocycles. The lowest BCUT2D eigenvalue weighted by Gasteiger charge is -2.29. The van der Waals surface area contributed by atoms with Crippen molar-refractivity contribution in [3.63, 3.8) is 0 Å². The normalized spacial score (nSPS) is 15.0. The zero-order chi connectivity index (χ0) is 17.6. The molecule has 4 nitrogen and oxygen atoms in total. The Labute approximate surface area is 151 Å². The summed E-state index contributed by atoms with van der Waals surface area (Å²) in [5.41, 5.74) is 1.71. The molecule has 2 aromatic rings. The quantitative estimate of drug-likeness (QED) is 0.663. The first kappa shape index (κ1) is 17.0. The Morgan fingerprint density at radius 3 is 2.60 bits per heavy atom. The van der Waals surface area contributed by atoms with E-state index in [1.807, 2.05) is 60.7 Å². The van der Waals surface area contributed by atoms with Gasteiger partial charge in [0.25, 0.3) is 5.91 Å². The largest absolute Gasteiger partial charge is 0.351 e. The summed E-state index contributed by atoms with van der Waals surface area (Å²) in [5.74, 6) is -0.379. The van der Waals surface area contributed by atoms with Crippen molar-refractivity contribution >= 4 is 35.3 Å². The van der Waals surface area contributed by atoms with Gasteiger partial charge >= 0.3 is 0 Å². The van der Waals surface area contributed by atoms with E-state index in [2.05, 4.69) is 11.9 Å². The first-order chi connectivity index (χ1) is 12.2. The van der Waals surface area contributed by atoms with Crippen LogP contribution in [0.2, 0.25) is 0 Å². The third-order valence-corrected chi connectivity index (χ3v) is 4.75. The average molecular weight is 350 g/mol. The van der Waals surface area contributed by atoms with Crippen molar-refractivity contribution in [2.24, 2.45) is 0 Å². The Morgan fingerprint density at radius 1 is 1.12 bits per heavy atom. The van der Waals surface area contributed by atoms with E-state index in [0.29, 0.717) is 11.4 Å². The number of hydrogen-bond acceptors (Lipinski definition) is 3. The molecule has 0 saturated heterocycles. The molecule has 0 bridgehead atoms. The Kier molecular flexibility index (Phi) is 5.36. The fourth-order valence-electron chi connectivity index (χ4n) is 2.51. The number of thioether (sulfide) groups is 1. The van der Waals surface area contributed by atoms with Crippen molar-refractivity contribution in [3.05, 3.63) is 77.7 Å². The van der Waals surface area contributed by atoms with E-state index < -0.39 is 0 Å². The molecule has 0 atom stereocenters. The van der Waals surface area contributed by atoms with E-state index in [-0.39, 0.29) is 18.4 Å². The highest BCUT2D eigenvalue weighted by Gasteiger charge is 2.30. The smallest absolute Gasteiger partial charge is 0.265 e. The fraction of sp³-hybridized carbons (Fsp3) is 0.100. The minimum Gasteiger partial charge on any atom is -0.351 e. The second-order valence-electron chi connectivity index (χ2n) is 5.47. The lowest BCUT2D eigenvalue weighted by atomic mass is 10.2. The molecule has 0 spiro atoms. The third kappa shape index (κ3) is 4.00. The van der Waals surface area contributed by atoms with Crippen LogP contribution in [0.1, 0.15) is 5.56 Å². The van der Waals surface area contributed by atoms with E-state index in [0.717, 1.165) is 16.1 Å². The number of para-hydroxylation sites is 1. The zero-order valence-electron chi connectivity index (χ0n) is 13.6. The number of benzene rings is 2. The number of carbonyl (C=O) groups excluding carboxylic acids is 2. The van der Waals surface area contributed by atoms with Gasteiger partial charge in [0, 0.05) is 11.4 Å². The predicted molar refractivity (Wildman–Crippen MR) is 102 cm³/mol. The molecule has 0 unspecified atom stereocenters. The Bertz CT molecular complexity index is 831. The van der Waals surface area contributed by atoms with Gasteiger partial charge in [-0.2, -0.15) is 0 Å². The van der Waals surface area contributed by atoms with E-state index in [1.165, 1.54) is 16.7 Å². The molecule has 1 heterocycles. The molecule has 25 heavy (non-hydrogen) atoms. The number of rotatable bonds is 5. The molecule has 2 aromatic carbocycles. The van der Waals surface area contributed by atoms with Gasteiger partial charge in [-0.3, -0.25) is 14.5 Å². The molecule has 2 amide bonds. The zero-order valence-corrected chi connectivity index (χ0v) is 14.5. The first-order valence-corrected chi connectivity index (χ1v) is 8.74. The van der Waals surface area contributed by atoms with Gasteiger partial charge < -0.3 is 5.32 Å². The molecule has 0 fully saturated rings. The number of amides is 2. The monoisotopic (exact) mass is 350 g/mol. The summed E-state index contributed by atoms with van der Waals surface area (Å²) in [6, 6.07) is 17.3. The lowest BCUT2D eigenvalue weighted by molar-refractivity contribution is -0.122. The summed E-state index contributed by atoms with van der Waals surface area (Å²) in [5, 5.41) is 2.72. The van der Waals surface area contributed by atoms with Gasteiger partial charge in [-0.05, 0) is 23.8 Å². The first-order valence-electron chi connectivity index (χ1n) is 7.92. The standard InChI is InChI=1S/C20H18N2O2S/c1-2-12-21-19(23)14-22-16-10-6-7-11-17(16)25-18(20(22)24)13-15-8-4-3-5-9-15/h2-11,13H,1,12,14H2,(H,21,23)/b18-13-. The molecule has 0 saturated carbocycles. The minimum atomic E-state index is -0.214. The maximum atomic E-state index is 12.9. The Balaban J connectivity index is 1.92. The molecule has 0 radical (unpaired) electrons. The Morgan fingerprint density at radius 2 is 1.84 bits per heavy atom. The molecular formula is C20H18N2O2S. The van der Waals surface area contributed by atoms with Crippen LogP contribution in [0.15, 0.2) is 77.1 Å². The van der Waals surface area contributed by atoms with Gasteiger partial charge in [0.15, 0.2) is 0 Å². The molecule has 1 aliphatic rings. The maximum absolute atomic E-state index is 12.9. The van der Waals surface area contributed by atoms with Crippen LogP contribution in [0.25, 0.3) is 6.08 Å². The van der Waals surface area contributed by atoms with Gasteiger partial charge in [-0.15, -0.1) is 6.58 Å². The second kappa shape index (κ2) is 7.85. The summed E-state index contributed by atoms with van der Waals surface area (Å²) in [7, 11) is 0. The number of hydrogen-bond donors (Lipinski definition) is 1. The van der Waals surface area contributed by atoms with Crippen LogP contribution >= 0.6 is 11.8 Å². The summed E-state index contributed by atoms with van der Waals surface area (Å²) >= 11 is 1.43. The molecule has 0 aromatic heterocycles. The topological polar surface area (TPSA) is 49.4 Å². The second-order valence-corrected chi connectivity index (χ2v) is 6.56. The fourth-order valence-corrected chi connectivity index (χ4v) is 3.56. The van der Waals surface area contributed by atoms with Gasteiger partial charge in [-0.1, -0.05) is 60.3 Å². The van der Waals surface area contributed by atoms with Crippen molar-refractivity contribution in [2.75, 3.05) is 18.0 Å². The van der Waals surface area contributed by atoms with Crippen LogP contribution in [0.3, 0.4) is 0 Å². The van der Waals surface area contributed by atoms with Crippen LogP contribution in [-0.4, -0.2) is 24.9 Å². The lowest BCUT2D eigenvalue weighted by Crippen LogP contribution is -2.42. The van der Waals surface area contributed by atoms with Crippen LogP contribution in [0.5, 0.6) is 0 Å². The SMILES string of the molecule is C=CCNC(=O)CN1C(=O)/C(=C/c2ccccc2)Sc2ccccc21. The van der Waals surface area contributed by atoms with E-state index in [1.54, 1.807) is 6.08 Å². The molecule has 3 rings (SSSR count). The van der Waals surface area contributed by atoms with Gasteiger partial charge in [-0.25, -0.2) is 0 Å². The van der Waals surface area contributed by atoms with E-state index in [9.17, 15) is 9.59 Å². The highest BCUT2D eigenvalue weighted by atomic mass is 32.2. The van der Waals surface area contributed by atoms with Gasteiger partial charge in [0.05, 0.1) is 10.6 Å². The minimum absolute atomic E-state index is 0.0175. The summed E-state index contributed by atoms with van der Waals surface area (Å²) in [6.45, 7) is 3.94. The van der Waals surface area contributed by atoms with Crippen molar-refractivity contribution in [2.45, 2.75) is 4.90 Å². The summed E-state index contributed by atoms with van der Waals surface area (Å²) < 4.78 is 0. The number of nitrogens with zero attached hydrogens (tertiary/aromatic N) is 1. The molecule has 1 aliphatic heterocycles. The van der Waals surface area contributed by atoms with Gasteiger partial charge in [0.2, 0.25) is 5.91 Å². The summed E-state index contributed by atoms with van der Waals surface area (Å²) in [6.07, 6.45) is 3.47. The highest BCUT2D eigenvalue weighted by molar-refractivity contribution is 8.04. The molecule has 5 heteroatoms. The highest BCUT2D eigenvalue weighted by Crippen LogP contribution is 2.41. The van der Waals surface area contributed by atoms with Crippen molar-refractivity contribution in [3.8, 4) is 0 Å². The van der Waals surface area contributed by atoms with Gasteiger partial charge in [0.1, 0.15) is 6.54 Å². The molecule has 126 valence electrons. The number of nitrogens with one attached hydrogen (secondary N) is 1. The van der Waals surface area contributed by atoms with E-state index in [4.69, 9.17) is 0 Å². The Hall–Kier alpha value is -2.79. The van der Waals surface area contributed by atoms with Crippen LogP contribution in [0.4, 0.5) is 5.69 Å². The summed E-state index contributed by atoms with van der Waals surface area (Å²) in [4.78, 5) is 28.1. The predicted octanol–water partition coefficient (Wildman–Crippen LogP) is 3.47. The van der Waals surface area contributed by atoms with E-state index >= 15 is 0 Å². The number of carbonyl (C=O) groups is 2. The average Bonchev–Trinajstić information content (AvgIpc) is 2.64. The number of fused-ring (bicyclic) bond motifs is 1. The molecule has 1 N–H and O–H groups in total. The third-order valence-electron chi connectivity index (χ3n) is 3.67. The van der Waals surface area contributed by atoms with Crippen LogP contribution in [0, 0.1) is 0 Å². The van der Waals surface area contributed by atoms with Crippen molar-refractivity contribution < 1.29 is 9.59 Å². The van der Waals surface area contributed by atoms with Crippen molar-refractivity contribution in [1.82, 2.24) is 5.32 Å².